The molecule has 3 rings (SSSR count). The number of nitrogens with one attached hydrogen (secondary N) is 1. The molecule has 1 N–H and O–H groups in total. The summed E-state index contributed by atoms with van der Waals surface area (Å²) in [6.45, 7) is 0.479. The minimum absolute atomic E-state index is 0.114. The monoisotopic (exact) mass is 272 g/mol. The van der Waals surface area contributed by atoms with Crippen LogP contribution in [0, 0.1) is 0 Å². The predicted octanol–water partition coefficient (Wildman–Crippen LogP) is 1.67. The number of para-hydroxylation sites is 1. The van der Waals surface area contributed by atoms with Crippen LogP contribution in [-0.2, 0) is 16.1 Å². The van der Waals surface area contributed by atoms with Crippen molar-refractivity contribution in [2.75, 3.05) is 7.05 Å². The molecule has 5 nitrogen and oxygen atoms in total. The zero-order valence-corrected chi connectivity index (χ0v) is 11.3. The van der Waals surface area contributed by atoms with Crippen molar-refractivity contribution < 1.29 is 14.0 Å². The Bertz CT molecular complexity index is 629. The zero-order chi connectivity index (χ0) is 14.1. The fourth-order valence-electron chi connectivity index (χ4n) is 2.45. The van der Waals surface area contributed by atoms with Crippen molar-refractivity contribution in [3.63, 3.8) is 0 Å². The van der Waals surface area contributed by atoms with E-state index in [1.807, 2.05) is 30.3 Å². The Balaban J connectivity index is 1.67. The molecule has 1 aromatic heterocycles. The molecule has 1 atom stereocenters. The van der Waals surface area contributed by atoms with Gasteiger partial charge < -0.3 is 4.42 Å². The molecule has 104 valence electrons. The summed E-state index contributed by atoms with van der Waals surface area (Å²) >= 11 is 0. The molecule has 1 unspecified atom stereocenters. The highest BCUT2D eigenvalue weighted by Gasteiger charge is 2.31. The third-order valence-electron chi connectivity index (χ3n) is 3.65. The average Bonchev–Trinajstić information content (AvgIpc) is 2.87. The first-order chi connectivity index (χ1) is 9.65. The van der Waals surface area contributed by atoms with E-state index in [9.17, 15) is 9.59 Å². The van der Waals surface area contributed by atoms with Crippen LogP contribution in [0.25, 0.3) is 11.0 Å². The molecule has 1 fully saturated rings. The molecule has 2 heterocycles. The SMILES string of the molecule is CN1C(=O)CCC(NCc2cc3ccccc3o2)C1=O. The molecule has 0 spiro atoms. The van der Waals surface area contributed by atoms with Gasteiger partial charge in [-0.2, -0.15) is 0 Å². The van der Waals surface area contributed by atoms with Crippen LogP contribution in [-0.4, -0.2) is 29.8 Å². The quantitative estimate of drug-likeness (QED) is 0.863. The van der Waals surface area contributed by atoms with E-state index in [-0.39, 0.29) is 17.9 Å². The molecule has 20 heavy (non-hydrogen) atoms. The van der Waals surface area contributed by atoms with Crippen LogP contribution >= 0.6 is 0 Å². The molecule has 0 bridgehead atoms. The summed E-state index contributed by atoms with van der Waals surface area (Å²) in [6.07, 6.45) is 0.947. The third kappa shape index (κ3) is 2.32. The maximum atomic E-state index is 11.9. The molecule has 0 aliphatic carbocycles. The average molecular weight is 272 g/mol. The Morgan fingerprint density at radius 3 is 2.95 bits per heavy atom. The number of likely N-dealkylation sites (tertiary alicyclic amines) is 1. The highest BCUT2D eigenvalue weighted by Crippen LogP contribution is 2.19. The highest BCUT2D eigenvalue weighted by molar-refractivity contribution is 6.00. The maximum absolute atomic E-state index is 11.9. The molecule has 1 saturated heterocycles. The van der Waals surface area contributed by atoms with E-state index in [0.29, 0.717) is 19.4 Å². The maximum Gasteiger partial charge on any atom is 0.246 e. The number of hydrogen-bond donors (Lipinski definition) is 1. The van der Waals surface area contributed by atoms with E-state index in [4.69, 9.17) is 4.42 Å². The first-order valence-corrected chi connectivity index (χ1v) is 6.66. The lowest BCUT2D eigenvalue weighted by Gasteiger charge is -2.28. The zero-order valence-electron chi connectivity index (χ0n) is 11.3. The molecular formula is C15H16N2O3. The number of hydrogen-bond acceptors (Lipinski definition) is 4. The number of carbonyl (C=O) groups is 2. The number of fused-ring (bicyclic) bond motifs is 1. The molecular weight excluding hydrogens is 256 g/mol. The number of nitrogens with zero attached hydrogens (tertiary/aromatic N) is 1. The van der Waals surface area contributed by atoms with Crippen LogP contribution in [0.4, 0.5) is 0 Å². The molecule has 0 radical (unpaired) electrons. The van der Waals surface area contributed by atoms with Crippen molar-refractivity contribution in [1.29, 1.82) is 0 Å². The van der Waals surface area contributed by atoms with Crippen LogP contribution in [0.1, 0.15) is 18.6 Å². The summed E-state index contributed by atoms with van der Waals surface area (Å²) in [4.78, 5) is 24.5. The Labute approximate surface area is 116 Å². The molecule has 1 aliphatic heterocycles. The second kappa shape index (κ2) is 5.09. The summed E-state index contributed by atoms with van der Waals surface area (Å²) in [7, 11) is 1.53. The molecule has 2 amide bonds. The van der Waals surface area contributed by atoms with Gasteiger partial charge in [-0.1, -0.05) is 18.2 Å². The van der Waals surface area contributed by atoms with Gasteiger partial charge in [-0.05, 0) is 18.6 Å². The number of benzene rings is 1. The van der Waals surface area contributed by atoms with Gasteiger partial charge in [-0.15, -0.1) is 0 Å². The van der Waals surface area contributed by atoms with Crippen LogP contribution in [0.5, 0.6) is 0 Å². The van der Waals surface area contributed by atoms with E-state index in [1.54, 1.807) is 0 Å². The first kappa shape index (κ1) is 12.9. The lowest BCUT2D eigenvalue weighted by atomic mass is 10.0. The van der Waals surface area contributed by atoms with Crippen molar-refractivity contribution in [1.82, 2.24) is 10.2 Å². The Morgan fingerprint density at radius 1 is 1.35 bits per heavy atom. The van der Waals surface area contributed by atoms with Crippen molar-refractivity contribution in [2.24, 2.45) is 0 Å². The Kier molecular flexibility index (Phi) is 3.28. The molecule has 1 aromatic carbocycles. The summed E-state index contributed by atoms with van der Waals surface area (Å²) in [6, 6.07) is 9.43. The van der Waals surface area contributed by atoms with Gasteiger partial charge in [0.1, 0.15) is 11.3 Å². The Hall–Kier alpha value is -2.14. The fraction of sp³-hybridized carbons (Fsp3) is 0.333. The summed E-state index contributed by atoms with van der Waals surface area (Å²) < 4.78 is 5.69. The van der Waals surface area contributed by atoms with Crippen LogP contribution in [0.3, 0.4) is 0 Å². The lowest BCUT2D eigenvalue weighted by molar-refractivity contribution is -0.148. The van der Waals surface area contributed by atoms with Crippen LogP contribution in [0.2, 0.25) is 0 Å². The van der Waals surface area contributed by atoms with E-state index in [0.717, 1.165) is 16.7 Å². The van der Waals surface area contributed by atoms with Crippen LogP contribution < -0.4 is 5.32 Å². The third-order valence-corrected chi connectivity index (χ3v) is 3.65. The normalized spacial score (nSPS) is 19.9. The van der Waals surface area contributed by atoms with Gasteiger partial charge in [-0.25, -0.2) is 0 Å². The van der Waals surface area contributed by atoms with Crippen molar-refractivity contribution in [3.8, 4) is 0 Å². The largest absolute Gasteiger partial charge is 0.460 e. The molecule has 5 heteroatoms. The lowest BCUT2D eigenvalue weighted by Crippen LogP contribution is -2.51. The van der Waals surface area contributed by atoms with Crippen molar-refractivity contribution >= 4 is 22.8 Å². The second-order valence-corrected chi connectivity index (χ2v) is 5.01. The summed E-state index contributed by atoms with van der Waals surface area (Å²) in [5, 5.41) is 4.21. The van der Waals surface area contributed by atoms with E-state index in [2.05, 4.69) is 5.32 Å². The van der Waals surface area contributed by atoms with Gasteiger partial charge in [-0.3, -0.25) is 19.8 Å². The van der Waals surface area contributed by atoms with E-state index in [1.165, 1.54) is 11.9 Å². The van der Waals surface area contributed by atoms with Gasteiger partial charge in [0.15, 0.2) is 0 Å². The van der Waals surface area contributed by atoms with E-state index < -0.39 is 0 Å². The van der Waals surface area contributed by atoms with Gasteiger partial charge in [0.05, 0.1) is 12.6 Å². The summed E-state index contributed by atoms with van der Waals surface area (Å²) in [5.74, 6) is 0.507. The standard InChI is InChI=1S/C15H16N2O3/c1-17-14(18)7-6-12(15(17)19)16-9-11-8-10-4-2-3-5-13(10)20-11/h2-5,8,12,16H,6-7,9H2,1H3. The smallest absolute Gasteiger partial charge is 0.246 e. The predicted molar refractivity (Wildman–Crippen MR) is 73.9 cm³/mol. The van der Waals surface area contributed by atoms with Gasteiger partial charge in [0.2, 0.25) is 11.8 Å². The molecule has 0 saturated carbocycles. The number of amides is 2. The molecule has 2 aromatic rings. The number of imide groups is 1. The van der Waals surface area contributed by atoms with Gasteiger partial charge >= 0.3 is 0 Å². The van der Waals surface area contributed by atoms with E-state index >= 15 is 0 Å². The fourth-order valence-corrected chi connectivity index (χ4v) is 2.45. The molecule has 1 aliphatic rings. The number of piperidine rings is 1. The second-order valence-electron chi connectivity index (χ2n) is 5.01. The first-order valence-electron chi connectivity index (χ1n) is 6.66. The van der Waals surface area contributed by atoms with Crippen molar-refractivity contribution in [2.45, 2.75) is 25.4 Å². The summed E-state index contributed by atoms with van der Waals surface area (Å²) in [5.41, 5.74) is 0.839. The topological polar surface area (TPSA) is 62.6 Å². The highest BCUT2D eigenvalue weighted by atomic mass is 16.3. The number of furan rings is 1. The van der Waals surface area contributed by atoms with Crippen LogP contribution in [0.15, 0.2) is 34.7 Å². The number of likely N-dealkylation sites (N-methyl/N-ethyl adjacent to an activating group) is 1. The minimum atomic E-state index is -0.314. The van der Waals surface area contributed by atoms with Gasteiger partial charge in [0, 0.05) is 18.9 Å². The van der Waals surface area contributed by atoms with Crippen molar-refractivity contribution in [3.05, 3.63) is 36.1 Å². The number of rotatable bonds is 3. The minimum Gasteiger partial charge on any atom is -0.460 e. The number of carbonyl (C=O) groups excluding carboxylic acids is 2. The Morgan fingerprint density at radius 2 is 2.15 bits per heavy atom. The van der Waals surface area contributed by atoms with Gasteiger partial charge in [0.25, 0.3) is 0 Å².